The third kappa shape index (κ3) is 3.28. The average Bonchev–Trinajstić information content (AvgIpc) is 3.19. The molecule has 2 aliphatic rings. The smallest absolute Gasteiger partial charge is 0.119 e. The fraction of sp³-hybridized carbons (Fsp3) is 0.310. The number of H-pyrrole nitrogens is 1. The summed E-state index contributed by atoms with van der Waals surface area (Å²) in [6.07, 6.45) is 2.35. The van der Waals surface area contributed by atoms with Crippen molar-refractivity contribution in [3.05, 3.63) is 101 Å². The zero-order chi connectivity index (χ0) is 22.5. The summed E-state index contributed by atoms with van der Waals surface area (Å²) in [6.45, 7) is 2.46. The number of aliphatic hydroxyl groups is 1. The highest BCUT2D eigenvalue weighted by Crippen LogP contribution is 2.52. The number of nitrogens with zero attached hydrogens (tertiary/aromatic N) is 1. The van der Waals surface area contributed by atoms with E-state index in [1.54, 1.807) is 7.11 Å². The second-order valence-corrected chi connectivity index (χ2v) is 9.77. The van der Waals surface area contributed by atoms with E-state index in [1.807, 2.05) is 6.07 Å². The first kappa shape index (κ1) is 20.5. The van der Waals surface area contributed by atoms with Gasteiger partial charge in [-0.1, -0.05) is 60.7 Å². The molecule has 0 bridgehead atoms. The van der Waals surface area contributed by atoms with Crippen LogP contribution in [0.3, 0.4) is 0 Å². The van der Waals surface area contributed by atoms with E-state index in [4.69, 9.17) is 4.74 Å². The Morgan fingerprint density at radius 1 is 0.970 bits per heavy atom. The number of hydrogen-bond acceptors (Lipinski definition) is 3. The molecule has 0 amide bonds. The number of rotatable bonds is 4. The van der Waals surface area contributed by atoms with Crippen LogP contribution in [0.5, 0.6) is 5.75 Å². The van der Waals surface area contributed by atoms with Gasteiger partial charge >= 0.3 is 0 Å². The van der Waals surface area contributed by atoms with Crippen LogP contribution in [0.4, 0.5) is 0 Å². The Bertz CT molecular complexity index is 1300. The number of likely N-dealkylation sites (tertiary alicyclic amines) is 1. The summed E-state index contributed by atoms with van der Waals surface area (Å²) in [7, 11) is 1.71. The van der Waals surface area contributed by atoms with E-state index in [2.05, 4.69) is 82.7 Å². The minimum atomic E-state index is -0.871. The van der Waals surface area contributed by atoms with Crippen molar-refractivity contribution in [2.75, 3.05) is 20.2 Å². The van der Waals surface area contributed by atoms with Crippen LogP contribution in [0.1, 0.15) is 28.8 Å². The van der Waals surface area contributed by atoms with E-state index in [0.717, 1.165) is 37.2 Å². The van der Waals surface area contributed by atoms with Gasteiger partial charge in [0.1, 0.15) is 5.75 Å². The lowest BCUT2D eigenvalue weighted by Crippen LogP contribution is -2.66. The molecule has 6 rings (SSSR count). The lowest BCUT2D eigenvalue weighted by Gasteiger charge is -2.56. The lowest BCUT2D eigenvalue weighted by atomic mass is 9.56. The predicted octanol–water partition coefficient (Wildman–Crippen LogP) is 4.85. The summed E-state index contributed by atoms with van der Waals surface area (Å²) < 4.78 is 5.57. The number of nitrogens with one attached hydrogen (secondary N) is 1. The van der Waals surface area contributed by atoms with Gasteiger partial charge < -0.3 is 14.8 Å². The summed E-state index contributed by atoms with van der Waals surface area (Å²) in [6, 6.07) is 27.4. The average molecular weight is 439 g/mol. The molecule has 33 heavy (non-hydrogen) atoms. The van der Waals surface area contributed by atoms with E-state index in [1.165, 1.54) is 27.8 Å². The molecule has 1 fully saturated rings. The molecule has 4 aromatic rings. The predicted molar refractivity (Wildman–Crippen MR) is 132 cm³/mol. The highest BCUT2D eigenvalue weighted by atomic mass is 16.5. The van der Waals surface area contributed by atoms with Gasteiger partial charge in [0.05, 0.1) is 12.7 Å². The van der Waals surface area contributed by atoms with Crippen molar-refractivity contribution in [1.29, 1.82) is 0 Å². The standard InChI is InChI=1S/C29H30N2O2/c1-33-23-11-7-10-22(16-23)28-14-15-31(19-21-8-3-2-4-9-21)20-29(28,32)17-25-24-12-5-6-13-26(24)30-27(25)18-28/h2-13,16,30,32H,14-15,17-20H2,1H3/t28-,29-/m0/s1. The number of fused-ring (bicyclic) bond motifs is 4. The normalized spacial score (nSPS) is 24.9. The molecular weight excluding hydrogens is 408 g/mol. The second-order valence-electron chi connectivity index (χ2n) is 9.77. The maximum absolute atomic E-state index is 12.5. The number of aromatic amines is 1. The van der Waals surface area contributed by atoms with E-state index in [9.17, 15) is 5.11 Å². The Kier molecular flexibility index (Phi) is 4.82. The topological polar surface area (TPSA) is 48.5 Å². The van der Waals surface area contributed by atoms with Crippen LogP contribution in [0.2, 0.25) is 0 Å². The highest BCUT2D eigenvalue weighted by molar-refractivity contribution is 5.85. The summed E-state index contributed by atoms with van der Waals surface area (Å²) in [4.78, 5) is 6.11. The molecule has 0 spiro atoms. The third-order valence-corrected chi connectivity index (χ3v) is 7.95. The molecule has 4 nitrogen and oxygen atoms in total. The number of para-hydroxylation sites is 1. The van der Waals surface area contributed by atoms with Crippen LogP contribution in [-0.2, 0) is 24.8 Å². The van der Waals surface area contributed by atoms with Crippen LogP contribution in [0, 0.1) is 0 Å². The molecule has 1 aliphatic carbocycles. The van der Waals surface area contributed by atoms with Crippen molar-refractivity contribution < 1.29 is 9.84 Å². The molecule has 1 aliphatic heterocycles. The SMILES string of the molecule is COc1cccc([C@@]23CCN(Cc4ccccc4)C[C@@]2(O)Cc2c([nH]c4ccccc24)C3)c1. The number of aromatic nitrogens is 1. The van der Waals surface area contributed by atoms with Crippen molar-refractivity contribution in [2.24, 2.45) is 0 Å². The molecular formula is C29H30N2O2. The maximum Gasteiger partial charge on any atom is 0.119 e. The summed E-state index contributed by atoms with van der Waals surface area (Å²) >= 11 is 0. The number of benzene rings is 3. The van der Waals surface area contributed by atoms with E-state index < -0.39 is 5.60 Å². The number of methoxy groups -OCH3 is 1. The molecule has 0 radical (unpaired) electrons. The Balaban J connectivity index is 1.45. The van der Waals surface area contributed by atoms with Crippen molar-refractivity contribution in [2.45, 2.75) is 36.8 Å². The van der Waals surface area contributed by atoms with E-state index in [0.29, 0.717) is 13.0 Å². The number of ether oxygens (including phenoxy) is 1. The van der Waals surface area contributed by atoms with Gasteiger partial charge in [0.25, 0.3) is 0 Å². The lowest BCUT2D eigenvalue weighted by molar-refractivity contribution is -0.105. The molecule has 2 atom stereocenters. The number of β-amino-alcohol motifs (C(OH)–C–C–N with tert-alkyl or cyclic N) is 1. The van der Waals surface area contributed by atoms with Crippen molar-refractivity contribution in [3.63, 3.8) is 0 Å². The minimum Gasteiger partial charge on any atom is -0.497 e. The molecule has 168 valence electrons. The van der Waals surface area contributed by atoms with E-state index >= 15 is 0 Å². The molecule has 4 heteroatoms. The summed E-state index contributed by atoms with van der Waals surface area (Å²) in [5, 5.41) is 13.8. The quantitative estimate of drug-likeness (QED) is 0.479. The molecule has 2 heterocycles. The summed E-state index contributed by atoms with van der Waals surface area (Å²) in [5.74, 6) is 0.846. The first-order valence-corrected chi connectivity index (χ1v) is 11.8. The zero-order valence-electron chi connectivity index (χ0n) is 19.1. The second kappa shape index (κ2) is 7.75. The molecule has 0 saturated carbocycles. The van der Waals surface area contributed by atoms with Crippen molar-refractivity contribution in [3.8, 4) is 5.75 Å². The van der Waals surface area contributed by atoms with Gasteiger partial charge in [0.2, 0.25) is 0 Å². The number of hydrogen-bond donors (Lipinski definition) is 2. The van der Waals surface area contributed by atoms with Crippen LogP contribution < -0.4 is 4.74 Å². The van der Waals surface area contributed by atoms with Gasteiger partial charge in [-0.25, -0.2) is 0 Å². The fourth-order valence-electron chi connectivity index (χ4n) is 6.28. The molecule has 1 aromatic heterocycles. The fourth-order valence-corrected chi connectivity index (χ4v) is 6.28. The highest BCUT2D eigenvalue weighted by Gasteiger charge is 2.57. The van der Waals surface area contributed by atoms with Gasteiger partial charge in [0.15, 0.2) is 0 Å². The third-order valence-electron chi connectivity index (χ3n) is 7.95. The van der Waals surface area contributed by atoms with Crippen LogP contribution in [-0.4, -0.2) is 40.8 Å². The van der Waals surface area contributed by atoms with Crippen molar-refractivity contribution in [1.82, 2.24) is 9.88 Å². The van der Waals surface area contributed by atoms with Crippen molar-refractivity contribution >= 4 is 10.9 Å². The first-order chi connectivity index (χ1) is 16.1. The molecule has 3 aromatic carbocycles. The van der Waals surface area contributed by atoms with Crippen LogP contribution >= 0.6 is 0 Å². The van der Waals surface area contributed by atoms with Gasteiger partial charge in [-0.15, -0.1) is 0 Å². The Morgan fingerprint density at radius 2 is 1.79 bits per heavy atom. The maximum atomic E-state index is 12.5. The molecule has 2 N–H and O–H groups in total. The Labute approximate surface area is 194 Å². The monoisotopic (exact) mass is 438 g/mol. The molecule has 0 unspecified atom stereocenters. The molecule has 1 saturated heterocycles. The summed E-state index contributed by atoms with van der Waals surface area (Å²) in [5.41, 5.74) is 4.93. The van der Waals surface area contributed by atoms with Gasteiger partial charge in [-0.2, -0.15) is 0 Å². The van der Waals surface area contributed by atoms with Gasteiger partial charge in [-0.3, -0.25) is 4.90 Å². The van der Waals surface area contributed by atoms with Gasteiger partial charge in [0, 0.05) is 47.9 Å². The zero-order valence-corrected chi connectivity index (χ0v) is 19.1. The number of piperidine rings is 1. The largest absolute Gasteiger partial charge is 0.497 e. The Morgan fingerprint density at radius 3 is 2.64 bits per heavy atom. The van der Waals surface area contributed by atoms with E-state index in [-0.39, 0.29) is 5.41 Å². The first-order valence-electron chi connectivity index (χ1n) is 11.8. The Hall–Kier alpha value is -3.08. The van der Waals surface area contributed by atoms with Crippen LogP contribution in [0.15, 0.2) is 78.9 Å². The van der Waals surface area contributed by atoms with Gasteiger partial charge in [-0.05, 0) is 47.9 Å². The van der Waals surface area contributed by atoms with Crippen LogP contribution in [0.25, 0.3) is 10.9 Å². The minimum absolute atomic E-state index is 0.359.